The summed E-state index contributed by atoms with van der Waals surface area (Å²) < 4.78 is 5.49. The van der Waals surface area contributed by atoms with Crippen LogP contribution in [0.15, 0.2) is 125 Å². The first-order valence-corrected chi connectivity index (χ1v) is 16.0. The van der Waals surface area contributed by atoms with Crippen molar-refractivity contribution in [3.8, 4) is 17.0 Å². The quantitative estimate of drug-likeness (QED) is 0.0978. The highest BCUT2D eigenvalue weighted by atomic mass is 32.2. The third-order valence-corrected chi connectivity index (χ3v) is 8.06. The van der Waals surface area contributed by atoms with Gasteiger partial charge in [-0.2, -0.15) is 0 Å². The normalized spacial score (nSPS) is 11.0. The maximum atomic E-state index is 13.3. The van der Waals surface area contributed by atoms with Crippen molar-refractivity contribution in [3.05, 3.63) is 131 Å². The largest absolute Gasteiger partial charge is 0.494 e. The second-order valence-electron chi connectivity index (χ2n) is 9.60. The molecule has 10 heteroatoms. The van der Waals surface area contributed by atoms with Gasteiger partial charge in [0.2, 0.25) is 5.91 Å². The van der Waals surface area contributed by atoms with Gasteiger partial charge in [0.05, 0.1) is 18.1 Å². The summed E-state index contributed by atoms with van der Waals surface area (Å²) in [5.74, 6) is -0.115. The van der Waals surface area contributed by atoms with E-state index in [1.807, 2.05) is 79.0 Å². The predicted molar refractivity (Wildman–Crippen MR) is 181 cm³/mol. The molecule has 0 saturated carbocycles. The number of nitrogens with one attached hydrogen (secondary N) is 3. The lowest BCUT2D eigenvalue weighted by atomic mass is 10.1. The molecule has 0 unspecified atom stereocenters. The van der Waals surface area contributed by atoms with Crippen molar-refractivity contribution < 1.29 is 19.1 Å². The summed E-state index contributed by atoms with van der Waals surface area (Å²) in [5.41, 5.74) is 3.53. The van der Waals surface area contributed by atoms with Crippen molar-refractivity contribution in [3.63, 3.8) is 0 Å². The van der Waals surface area contributed by atoms with E-state index in [9.17, 15) is 14.4 Å². The molecule has 0 bridgehead atoms. The SMILES string of the molecule is CCOc1ccc(-c2csc(NC(=O)CSc3cccc(NC(=O)/C(=C/c4ccccc4)NC(=O)c4ccccc4)c3)n2)cc1. The molecule has 0 aliphatic heterocycles. The first kappa shape index (κ1) is 31.2. The number of hydrogen-bond donors (Lipinski definition) is 3. The van der Waals surface area contributed by atoms with Crippen LogP contribution >= 0.6 is 23.1 Å². The van der Waals surface area contributed by atoms with Crippen LogP contribution < -0.4 is 20.7 Å². The number of rotatable bonds is 12. The van der Waals surface area contributed by atoms with E-state index < -0.39 is 11.8 Å². The number of carbonyl (C=O) groups is 3. The maximum Gasteiger partial charge on any atom is 0.272 e. The van der Waals surface area contributed by atoms with Crippen molar-refractivity contribution in [1.29, 1.82) is 0 Å². The van der Waals surface area contributed by atoms with Gasteiger partial charge in [-0.05, 0) is 73.2 Å². The topological polar surface area (TPSA) is 109 Å². The second kappa shape index (κ2) is 15.5. The molecule has 0 aliphatic rings. The molecule has 0 spiro atoms. The molecule has 45 heavy (non-hydrogen) atoms. The van der Waals surface area contributed by atoms with Gasteiger partial charge in [-0.3, -0.25) is 14.4 Å². The Bertz CT molecular complexity index is 1790. The molecule has 3 amide bonds. The molecule has 0 atom stereocenters. The summed E-state index contributed by atoms with van der Waals surface area (Å²) in [6, 6.07) is 32.8. The van der Waals surface area contributed by atoms with Crippen LogP contribution in [-0.2, 0) is 9.59 Å². The second-order valence-corrected chi connectivity index (χ2v) is 11.5. The van der Waals surface area contributed by atoms with Crippen LogP contribution in [0, 0.1) is 0 Å². The number of amides is 3. The number of thiazole rings is 1. The summed E-state index contributed by atoms with van der Waals surface area (Å²) in [6.45, 7) is 2.54. The zero-order valence-corrected chi connectivity index (χ0v) is 26.0. The third kappa shape index (κ3) is 9.15. The molecule has 0 radical (unpaired) electrons. The van der Waals surface area contributed by atoms with Crippen LogP contribution in [0.2, 0.25) is 0 Å². The van der Waals surface area contributed by atoms with Gasteiger partial charge in [0.1, 0.15) is 11.4 Å². The molecule has 4 aromatic carbocycles. The smallest absolute Gasteiger partial charge is 0.272 e. The number of hydrogen-bond acceptors (Lipinski definition) is 7. The molecule has 0 aliphatic carbocycles. The van der Waals surface area contributed by atoms with E-state index >= 15 is 0 Å². The van der Waals surface area contributed by atoms with E-state index in [4.69, 9.17) is 4.74 Å². The first-order valence-electron chi connectivity index (χ1n) is 14.1. The van der Waals surface area contributed by atoms with Gasteiger partial charge >= 0.3 is 0 Å². The number of carbonyl (C=O) groups excluding carboxylic acids is 3. The monoisotopic (exact) mass is 634 g/mol. The summed E-state index contributed by atoms with van der Waals surface area (Å²) in [4.78, 5) is 44.2. The van der Waals surface area contributed by atoms with Gasteiger partial charge in [0, 0.05) is 27.1 Å². The molecular weight excluding hydrogens is 605 g/mol. The van der Waals surface area contributed by atoms with Gasteiger partial charge in [-0.15, -0.1) is 23.1 Å². The highest BCUT2D eigenvalue weighted by Crippen LogP contribution is 2.27. The minimum atomic E-state index is -0.477. The Kier molecular flexibility index (Phi) is 10.8. The van der Waals surface area contributed by atoms with E-state index in [0.29, 0.717) is 23.0 Å². The van der Waals surface area contributed by atoms with Crippen molar-refractivity contribution >= 4 is 57.7 Å². The Labute approximate surface area is 269 Å². The highest BCUT2D eigenvalue weighted by Gasteiger charge is 2.16. The molecule has 5 rings (SSSR count). The van der Waals surface area contributed by atoms with Gasteiger partial charge < -0.3 is 20.7 Å². The van der Waals surface area contributed by atoms with E-state index in [0.717, 1.165) is 27.5 Å². The molecule has 8 nitrogen and oxygen atoms in total. The average molecular weight is 635 g/mol. The summed E-state index contributed by atoms with van der Waals surface area (Å²) in [5, 5.41) is 10.9. The van der Waals surface area contributed by atoms with Crippen LogP contribution in [0.3, 0.4) is 0 Å². The van der Waals surface area contributed by atoms with Crippen molar-refractivity contribution in [2.45, 2.75) is 11.8 Å². The number of ether oxygens (including phenoxy) is 1. The van der Waals surface area contributed by atoms with E-state index in [-0.39, 0.29) is 17.4 Å². The lowest BCUT2D eigenvalue weighted by molar-refractivity contribution is -0.114. The van der Waals surface area contributed by atoms with Gasteiger partial charge in [0.25, 0.3) is 11.8 Å². The fraction of sp³-hybridized carbons (Fsp3) is 0.0857. The zero-order valence-electron chi connectivity index (χ0n) is 24.4. The van der Waals surface area contributed by atoms with Crippen LogP contribution in [-0.4, -0.2) is 35.1 Å². The lowest BCUT2D eigenvalue weighted by Crippen LogP contribution is -2.30. The summed E-state index contributed by atoms with van der Waals surface area (Å²) in [6.07, 6.45) is 1.62. The molecule has 3 N–H and O–H groups in total. The Morgan fingerprint density at radius 3 is 2.33 bits per heavy atom. The third-order valence-electron chi connectivity index (χ3n) is 6.31. The molecule has 0 saturated heterocycles. The Hall–Kier alpha value is -5.19. The fourth-order valence-corrected chi connectivity index (χ4v) is 5.67. The van der Waals surface area contributed by atoms with Gasteiger partial charge in [0.15, 0.2) is 5.13 Å². The number of aromatic nitrogens is 1. The van der Waals surface area contributed by atoms with Crippen molar-refractivity contribution in [1.82, 2.24) is 10.3 Å². The Morgan fingerprint density at radius 2 is 1.60 bits per heavy atom. The number of thioether (sulfide) groups is 1. The van der Waals surface area contributed by atoms with Crippen LogP contribution in [0.4, 0.5) is 10.8 Å². The average Bonchev–Trinajstić information content (AvgIpc) is 3.53. The van der Waals surface area contributed by atoms with Crippen LogP contribution in [0.5, 0.6) is 5.75 Å². The molecular formula is C35H30N4O4S2. The predicted octanol–water partition coefficient (Wildman–Crippen LogP) is 7.35. The number of benzene rings is 4. The molecule has 5 aromatic rings. The highest BCUT2D eigenvalue weighted by molar-refractivity contribution is 8.00. The molecule has 0 fully saturated rings. The fourth-order valence-electron chi connectivity index (χ4n) is 4.18. The maximum absolute atomic E-state index is 13.3. The van der Waals surface area contributed by atoms with E-state index in [1.54, 1.807) is 48.5 Å². The standard InChI is InChI=1S/C35H30N4O4S2/c1-2-43-28-18-16-25(17-19-28)31-22-45-35(38-31)39-32(40)23-44-29-15-9-14-27(21-29)36-34(42)30(20-24-10-5-3-6-11-24)37-33(41)26-12-7-4-8-13-26/h3-22H,2,23H2,1H3,(H,36,42)(H,37,41)(H,38,39,40)/b30-20-. The lowest BCUT2D eigenvalue weighted by Gasteiger charge is -2.12. The number of anilines is 2. The number of nitrogens with zero attached hydrogens (tertiary/aromatic N) is 1. The van der Waals surface area contributed by atoms with Crippen molar-refractivity contribution in [2.75, 3.05) is 23.0 Å². The first-order chi connectivity index (χ1) is 22.0. The van der Waals surface area contributed by atoms with Crippen LogP contribution in [0.25, 0.3) is 17.3 Å². The summed E-state index contributed by atoms with van der Waals surface area (Å²) in [7, 11) is 0. The minimum Gasteiger partial charge on any atom is -0.494 e. The van der Waals surface area contributed by atoms with E-state index in [1.165, 1.54) is 23.1 Å². The minimum absolute atomic E-state index is 0.0977. The van der Waals surface area contributed by atoms with Crippen molar-refractivity contribution in [2.24, 2.45) is 0 Å². The van der Waals surface area contributed by atoms with Gasteiger partial charge in [-0.25, -0.2) is 4.98 Å². The molecule has 1 aromatic heterocycles. The Balaban J connectivity index is 1.19. The zero-order chi connectivity index (χ0) is 31.4. The Morgan fingerprint density at radius 1 is 0.867 bits per heavy atom. The van der Waals surface area contributed by atoms with E-state index in [2.05, 4.69) is 20.9 Å². The molecule has 1 heterocycles. The molecule has 226 valence electrons. The van der Waals surface area contributed by atoms with Gasteiger partial charge in [-0.1, -0.05) is 54.6 Å². The summed E-state index contributed by atoms with van der Waals surface area (Å²) >= 11 is 2.69. The van der Waals surface area contributed by atoms with Crippen LogP contribution in [0.1, 0.15) is 22.8 Å².